The minimum absolute atomic E-state index is 0.0605. The molecule has 1 heterocycles. The summed E-state index contributed by atoms with van der Waals surface area (Å²) in [6.45, 7) is 1.68. The molecule has 2 N–H and O–H groups in total. The Morgan fingerprint density at radius 2 is 1.76 bits per heavy atom. The van der Waals surface area contributed by atoms with E-state index < -0.39 is 40.0 Å². The smallest absolute Gasteiger partial charge is 0.366 e. The van der Waals surface area contributed by atoms with Crippen molar-refractivity contribution in [3.8, 4) is 0 Å². The SMILES string of the molecule is CC(=O)Nc1cc(NC(=O)C2CCN(c3ccc(C(F)(F)F)cc3[N+](=O)[O-])CC2)ccc1F. The molecule has 3 rings (SSSR count). The van der Waals surface area contributed by atoms with Crippen LogP contribution in [0.2, 0.25) is 0 Å². The van der Waals surface area contributed by atoms with Gasteiger partial charge in [0.2, 0.25) is 11.8 Å². The molecule has 2 amide bonds. The van der Waals surface area contributed by atoms with E-state index in [1.165, 1.54) is 19.1 Å². The maximum Gasteiger partial charge on any atom is 0.416 e. The maximum absolute atomic E-state index is 13.8. The standard InChI is InChI=1S/C21H20F4N4O4/c1-12(30)26-17-11-15(3-4-16(17)22)27-20(31)13-6-8-28(9-7-13)18-5-2-14(21(23,24)25)10-19(18)29(32)33/h2-5,10-11,13H,6-9H2,1H3,(H,26,30)(H,27,31). The van der Waals surface area contributed by atoms with Crippen molar-refractivity contribution in [2.75, 3.05) is 28.6 Å². The lowest BCUT2D eigenvalue weighted by Gasteiger charge is -2.32. The first kappa shape index (κ1) is 24.0. The van der Waals surface area contributed by atoms with Gasteiger partial charge >= 0.3 is 6.18 Å². The first-order valence-electron chi connectivity index (χ1n) is 9.94. The van der Waals surface area contributed by atoms with E-state index in [1.54, 1.807) is 4.90 Å². The number of amides is 2. The molecule has 1 saturated heterocycles. The number of carbonyl (C=O) groups is 2. The number of nitrogens with zero attached hydrogens (tertiary/aromatic N) is 2. The number of alkyl halides is 3. The number of carbonyl (C=O) groups excluding carboxylic acids is 2. The van der Waals surface area contributed by atoms with Gasteiger partial charge in [-0.15, -0.1) is 0 Å². The van der Waals surface area contributed by atoms with E-state index in [0.29, 0.717) is 18.9 Å². The second kappa shape index (κ2) is 9.43. The van der Waals surface area contributed by atoms with Crippen molar-refractivity contribution in [2.45, 2.75) is 25.9 Å². The molecule has 176 valence electrons. The van der Waals surface area contributed by atoms with E-state index in [9.17, 15) is 37.3 Å². The van der Waals surface area contributed by atoms with Crippen LogP contribution in [0.25, 0.3) is 0 Å². The first-order valence-corrected chi connectivity index (χ1v) is 9.94. The predicted molar refractivity (Wildman–Crippen MR) is 112 cm³/mol. The number of hydrogen-bond acceptors (Lipinski definition) is 5. The Morgan fingerprint density at radius 1 is 1.09 bits per heavy atom. The number of hydrogen-bond donors (Lipinski definition) is 2. The lowest BCUT2D eigenvalue weighted by molar-refractivity contribution is -0.384. The second-order valence-electron chi connectivity index (χ2n) is 7.58. The molecule has 12 heteroatoms. The lowest BCUT2D eigenvalue weighted by Crippen LogP contribution is -2.38. The predicted octanol–water partition coefficient (Wildman–Crippen LogP) is 4.57. The number of piperidine rings is 1. The highest BCUT2D eigenvalue weighted by Crippen LogP contribution is 2.37. The van der Waals surface area contributed by atoms with E-state index >= 15 is 0 Å². The van der Waals surface area contributed by atoms with Crippen molar-refractivity contribution in [1.29, 1.82) is 0 Å². The van der Waals surface area contributed by atoms with Crippen LogP contribution in [-0.2, 0) is 15.8 Å². The summed E-state index contributed by atoms with van der Waals surface area (Å²) in [5.41, 5.74) is -1.49. The molecular weight excluding hydrogens is 448 g/mol. The highest BCUT2D eigenvalue weighted by Gasteiger charge is 2.35. The van der Waals surface area contributed by atoms with E-state index in [-0.39, 0.29) is 36.1 Å². The zero-order valence-electron chi connectivity index (χ0n) is 17.4. The Kier molecular flexibility index (Phi) is 6.84. The zero-order valence-corrected chi connectivity index (χ0v) is 17.4. The van der Waals surface area contributed by atoms with Crippen LogP contribution in [0.3, 0.4) is 0 Å². The van der Waals surface area contributed by atoms with E-state index in [2.05, 4.69) is 10.6 Å². The number of nitro benzene ring substituents is 1. The van der Waals surface area contributed by atoms with Crippen LogP contribution in [0.5, 0.6) is 0 Å². The molecule has 0 unspecified atom stereocenters. The Hall–Kier alpha value is -3.70. The summed E-state index contributed by atoms with van der Waals surface area (Å²) in [6.07, 6.45) is -4.08. The van der Waals surface area contributed by atoms with Gasteiger partial charge in [-0.3, -0.25) is 19.7 Å². The average molecular weight is 468 g/mol. The quantitative estimate of drug-likeness (QED) is 0.380. The fraction of sp³-hybridized carbons (Fsp3) is 0.333. The molecule has 1 aliphatic heterocycles. The normalized spacial score (nSPS) is 14.6. The number of halogens is 4. The highest BCUT2D eigenvalue weighted by atomic mass is 19.4. The summed E-state index contributed by atoms with van der Waals surface area (Å²) in [7, 11) is 0. The minimum atomic E-state index is -4.70. The van der Waals surface area contributed by atoms with E-state index in [1.807, 2.05) is 0 Å². The van der Waals surface area contributed by atoms with Crippen molar-refractivity contribution in [3.63, 3.8) is 0 Å². The molecule has 0 radical (unpaired) electrons. The molecule has 0 spiro atoms. The third kappa shape index (κ3) is 5.76. The molecule has 2 aromatic rings. The van der Waals surface area contributed by atoms with Gasteiger partial charge in [0.25, 0.3) is 5.69 Å². The van der Waals surface area contributed by atoms with Crippen LogP contribution in [0.15, 0.2) is 36.4 Å². The van der Waals surface area contributed by atoms with Crippen LogP contribution in [0.1, 0.15) is 25.3 Å². The number of anilines is 3. The molecule has 0 atom stereocenters. The van der Waals surface area contributed by atoms with Crippen molar-refractivity contribution in [1.82, 2.24) is 0 Å². The third-order valence-corrected chi connectivity index (χ3v) is 5.25. The minimum Gasteiger partial charge on any atom is -0.366 e. The van der Waals surface area contributed by atoms with Gasteiger partial charge in [-0.05, 0) is 43.2 Å². The largest absolute Gasteiger partial charge is 0.416 e. The Labute approximate surface area is 185 Å². The summed E-state index contributed by atoms with van der Waals surface area (Å²) in [5.74, 6) is -1.93. The number of rotatable bonds is 5. The first-order chi connectivity index (χ1) is 15.5. The third-order valence-electron chi connectivity index (χ3n) is 5.25. The fourth-order valence-electron chi connectivity index (χ4n) is 3.63. The fourth-order valence-corrected chi connectivity index (χ4v) is 3.63. The summed E-state index contributed by atoms with van der Waals surface area (Å²) < 4.78 is 52.5. The van der Waals surface area contributed by atoms with Gasteiger partial charge in [-0.1, -0.05) is 0 Å². The van der Waals surface area contributed by atoms with Crippen molar-refractivity contribution in [3.05, 3.63) is 57.9 Å². The van der Waals surface area contributed by atoms with Crippen LogP contribution < -0.4 is 15.5 Å². The van der Waals surface area contributed by atoms with Gasteiger partial charge in [0, 0.05) is 37.7 Å². The molecule has 1 fully saturated rings. The van der Waals surface area contributed by atoms with Crippen LogP contribution in [0.4, 0.5) is 40.3 Å². The van der Waals surface area contributed by atoms with Crippen molar-refractivity contribution >= 4 is 34.6 Å². The Balaban J connectivity index is 1.67. The zero-order chi connectivity index (χ0) is 24.3. The molecule has 33 heavy (non-hydrogen) atoms. The number of nitrogens with one attached hydrogen (secondary N) is 2. The van der Waals surface area contributed by atoms with Crippen LogP contribution in [0, 0.1) is 21.8 Å². The molecule has 0 bridgehead atoms. The molecule has 0 saturated carbocycles. The van der Waals surface area contributed by atoms with Crippen LogP contribution >= 0.6 is 0 Å². The lowest BCUT2D eigenvalue weighted by atomic mass is 9.95. The Bertz CT molecular complexity index is 1080. The van der Waals surface area contributed by atoms with Gasteiger partial charge in [-0.2, -0.15) is 13.2 Å². The van der Waals surface area contributed by atoms with E-state index in [4.69, 9.17) is 0 Å². The second-order valence-corrected chi connectivity index (χ2v) is 7.58. The van der Waals surface area contributed by atoms with Gasteiger partial charge in [0.15, 0.2) is 0 Å². The topological polar surface area (TPSA) is 105 Å². The summed E-state index contributed by atoms with van der Waals surface area (Å²) >= 11 is 0. The summed E-state index contributed by atoms with van der Waals surface area (Å²) in [6, 6.07) is 6.11. The van der Waals surface area contributed by atoms with Gasteiger partial charge < -0.3 is 15.5 Å². The summed E-state index contributed by atoms with van der Waals surface area (Å²) in [4.78, 5) is 35.8. The van der Waals surface area contributed by atoms with Crippen molar-refractivity contribution < 1.29 is 32.1 Å². The van der Waals surface area contributed by atoms with Crippen molar-refractivity contribution in [2.24, 2.45) is 5.92 Å². The monoisotopic (exact) mass is 468 g/mol. The summed E-state index contributed by atoms with van der Waals surface area (Å²) in [5, 5.41) is 16.3. The molecule has 2 aromatic carbocycles. The molecule has 0 aromatic heterocycles. The molecule has 8 nitrogen and oxygen atoms in total. The number of nitro groups is 1. The highest BCUT2D eigenvalue weighted by molar-refractivity contribution is 5.94. The van der Waals surface area contributed by atoms with E-state index in [0.717, 1.165) is 18.2 Å². The average Bonchev–Trinajstić information content (AvgIpc) is 2.74. The Morgan fingerprint density at radius 3 is 2.33 bits per heavy atom. The van der Waals surface area contributed by atoms with Gasteiger partial charge in [0.1, 0.15) is 11.5 Å². The number of benzene rings is 2. The maximum atomic E-state index is 13.8. The molecule has 1 aliphatic rings. The van der Waals surface area contributed by atoms with Gasteiger partial charge in [-0.25, -0.2) is 4.39 Å². The molecule has 0 aliphatic carbocycles. The van der Waals surface area contributed by atoms with Crippen LogP contribution in [-0.4, -0.2) is 29.8 Å². The molecular formula is C21H20F4N4O4. The van der Waals surface area contributed by atoms with Gasteiger partial charge in [0.05, 0.1) is 16.2 Å².